The fourth-order valence-electron chi connectivity index (χ4n) is 6.07. The van der Waals surface area contributed by atoms with E-state index < -0.39 is 9.52 Å². The fraction of sp³-hybridized carbons (Fsp3) is 0.595. The highest BCUT2D eigenvalue weighted by Gasteiger charge is 2.20. The zero-order chi connectivity index (χ0) is 85.5. The third-order valence-electron chi connectivity index (χ3n) is 12.2. The van der Waals surface area contributed by atoms with Crippen molar-refractivity contribution < 1.29 is 8.95 Å². The van der Waals surface area contributed by atoms with Crippen molar-refractivity contribution in [1.82, 2.24) is 59.4 Å². The highest BCUT2D eigenvalue weighted by molar-refractivity contribution is 8.14. The molecule has 0 amide bonds. The number of nitrogens with one attached hydrogen (secondary N) is 1. The van der Waals surface area contributed by atoms with E-state index in [2.05, 4.69) is 181 Å². The van der Waals surface area contributed by atoms with Crippen LogP contribution in [0.25, 0.3) is 0 Å². The summed E-state index contributed by atoms with van der Waals surface area (Å²) >= 11 is 1.92. The molecule has 24 nitrogen and oxygen atoms in total. The maximum absolute atomic E-state index is 11.2. The minimum Gasteiger partial charge on any atom is -0.378 e. The first-order chi connectivity index (χ1) is 50.5. The number of azo groups is 1. The summed E-state index contributed by atoms with van der Waals surface area (Å²) < 4.78 is 16.2. The molecule has 0 radical (unpaired) electrons. The summed E-state index contributed by atoms with van der Waals surface area (Å²) in [6, 6.07) is 0. The van der Waals surface area contributed by atoms with E-state index in [0.29, 0.717) is 53.6 Å². The Bertz CT molecular complexity index is 2480. The SMILES string of the molecule is C=C1C=NN=CN1C.C=C1CCCN1C.C=C1CN=NN1C.C=C1CNCN1C.C=C1COCN1C.C=C1CS(=C)(=O)CN1C.C=C1CS(=C)CN1C.C=C1CSCN1C.C=C1N=CC=NN1C.C=C1N=CN=CN1C.C=C1N=NC=CN1C.CC.CC.CC.CC.CC.CC.CC.CC.CC.CC.CC. The van der Waals surface area contributed by atoms with Gasteiger partial charge in [0.15, 0.2) is 0 Å². The first-order valence-corrected chi connectivity index (χ1v) is 42.1. The highest BCUT2D eigenvalue weighted by Crippen LogP contribution is 2.25. The first-order valence-electron chi connectivity index (χ1n) is 37.2. The number of ether oxygens (including phenoxy) is 1. The van der Waals surface area contributed by atoms with Crippen molar-refractivity contribution in [2.24, 2.45) is 50.8 Å². The van der Waals surface area contributed by atoms with Crippen LogP contribution < -0.4 is 5.32 Å². The van der Waals surface area contributed by atoms with Crippen LogP contribution in [-0.4, -0.2) is 260 Å². The molecule has 0 aliphatic carbocycles. The molecule has 0 bridgehead atoms. The molecule has 11 heterocycles. The van der Waals surface area contributed by atoms with E-state index in [1.165, 1.54) is 48.5 Å². The summed E-state index contributed by atoms with van der Waals surface area (Å²) in [4.78, 5) is 29.3. The molecule has 6 fully saturated rings. The van der Waals surface area contributed by atoms with E-state index >= 15 is 0 Å². The van der Waals surface area contributed by atoms with E-state index in [4.69, 9.17) is 4.74 Å². The Morgan fingerprint density at radius 1 is 0.547 bits per heavy atom. The molecule has 0 spiro atoms. The molecule has 11 aliphatic heterocycles. The van der Waals surface area contributed by atoms with Gasteiger partial charge in [0.05, 0.1) is 73.0 Å². The molecule has 11 rings (SSSR count). The maximum Gasteiger partial charge on any atom is 0.147 e. The van der Waals surface area contributed by atoms with Gasteiger partial charge in [0.25, 0.3) is 0 Å². The van der Waals surface area contributed by atoms with Gasteiger partial charge in [0.1, 0.15) is 43.4 Å². The molecule has 2 atom stereocenters. The third kappa shape index (κ3) is 69.5. The number of hydrogen-bond donors (Lipinski definition) is 1. The highest BCUT2D eigenvalue weighted by atomic mass is 32.2. The first kappa shape index (κ1) is 122. The van der Waals surface area contributed by atoms with Crippen LogP contribution >= 0.6 is 22.2 Å². The summed E-state index contributed by atoms with van der Waals surface area (Å²) in [6.45, 7) is 90.3. The lowest BCUT2D eigenvalue weighted by Crippen LogP contribution is -2.17. The Kier molecular flexibility index (Phi) is 99.5. The van der Waals surface area contributed by atoms with Gasteiger partial charge in [-0.1, -0.05) is 236 Å². The Hall–Kier alpha value is -7.59. The van der Waals surface area contributed by atoms with Crippen LogP contribution in [0.3, 0.4) is 0 Å². The van der Waals surface area contributed by atoms with Crippen LogP contribution in [0.2, 0.25) is 0 Å². The normalized spacial score (nSPS) is 18.1. The van der Waals surface area contributed by atoms with Crippen molar-refractivity contribution in [2.45, 2.75) is 165 Å². The van der Waals surface area contributed by atoms with Gasteiger partial charge in [-0.15, -0.1) is 22.0 Å². The van der Waals surface area contributed by atoms with Gasteiger partial charge in [0, 0.05) is 149 Å². The summed E-state index contributed by atoms with van der Waals surface area (Å²) in [7, 11) is 19.9. The molecule has 0 aromatic heterocycles. The van der Waals surface area contributed by atoms with Crippen LogP contribution in [-0.2, 0) is 14.3 Å². The minimum absolute atomic E-state index is 0.343. The van der Waals surface area contributed by atoms with Gasteiger partial charge < -0.3 is 48.8 Å². The van der Waals surface area contributed by atoms with Crippen molar-refractivity contribution >= 4 is 81.2 Å². The number of thioether (sulfide) groups is 1. The minimum atomic E-state index is -1.82. The Balaban J connectivity index is -0.000000101. The molecule has 0 aromatic rings. The molecule has 2 unspecified atom stereocenters. The van der Waals surface area contributed by atoms with E-state index in [1.54, 1.807) is 75.5 Å². The van der Waals surface area contributed by atoms with E-state index in [9.17, 15) is 4.21 Å². The number of aliphatic imine (C=N–C) groups is 3. The summed E-state index contributed by atoms with van der Waals surface area (Å²) in [6.07, 6.45) is 15.5. The third-order valence-corrected chi connectivity index (χ3v) is 16.5. The fourth-order valence-corrected chi connectivity index (χ4v) is 10.4. The molecule has 11 aliphatic rings. The van der Waals surface area contributed by atoms with Crippen LogP contribution in [0, 0.1) is 0 Å². The zero-order valence-corrected chi connectivity index (χ0v) is 76.6. The molecule has 0 saturated carbocycles. The quantitative estimate of drug-likeness (QED) is 0.225. The van der Waals surface area contributed by atoms with Gasteiger partial charge in [-0.2, -0.15) is 30.9 Å². The van der Waals surface area contributed by atoms with E-state index in [0.717, 1.165) is 65.1 Å². The lowest BCUT2D eigenvalue weighted by Gasteiger charge is -2.12. The maximum atomic E-state index is 11.2. The lowest BCUT2D eigenvalue weighted by molar-refractivity contribution is 0.154. The summed E-state index contributed by atoms with van der Waals surface area (Å²) in [5.74, 6) is 15.2. The van der Waals surface area contributed by atoms with Gasteiger partial charge in [-0.3, -0.25) is 19.5 Å². The van der Waals surface area contributed by atoms with Crippen LogP contribution in [0.4, 0.5) is 0 Å². The second-order valence-corrected chi connectivity index (χ2v) is 24.9. The number of likely N-dealkylation sites (N-methyl/N-ethyl adjacent to an activating group) is 3. The van der Waals surface area contributed by atoms with Crippen LogP contribution in [0.5, 0.6) is 0 Å². The van der Waals surface area contributed by atoms with Crippen LogP contribution in [0.1, 0.15) is 165 Å². The average molecular weight is 1550 g/mol. The number of hydrogen-bond acceptors (Lipinski definition) is 25. The van der Waals surface area contributed by atoms with Crippen molar-refractivity contribution in [2.75, 3.05) is 152 Å². The number of nitrogens with zero attached hydrogens (tertiary/aromatic N) is 21. The number of likely N-dealkylation sites (tertiary alicyclic amines) is 1. The largest absolute Gasteiger partial charge is 0.378 e. The van der Waals surface area contributed by atoms with Crippen molar-refractivity contribution in [1.29, 1.82) is 0 Å². The molecule has 1 N–H and O–H groups in total. The molecule has 106 heavy (non-hydrogen) atoms. The number of allylic oxidation sites excluding steroid dienone is 2. The van der Waals surface area contributed by atoms with Crippen molar-refractivity contribution in [3.63, 3.8) is 0 Å². The standard InChI is InChI=1S/C6H11NOS.C6H11NS.C6H11N.4C5H7N3.C5H10N2.C5H9NO.C5H9NS.C4H7N3.11C2H6/c1-6-4-9(3,8)5-7(6)2;1-6-4-8(3)5-7(6)2;1-6-4-3-5-7(6)2;1-5-7-3-6-4-8(5)2;1-5-3-6-7-4-8(5)2;1-5-7-6-3-4-8(5)2;1-5-6-3-4-7-8(5)2;1-5-3-6-4-7(5)2;2*1-5-3-7-4-6(5)2;1-4-3-5-6-7(4)2;11*1-2/h1,3-5H2,2H3;1,3-5H2,2H3;1,3-5H2,2H3;4*3-4H,1H2,2H3;6H,1,3-4H2,2H3;2*1,3-4H2,2H3;1,3H2,2H3;11*1-2H3. The van der Waals surface area contributed by atoms with Crippen molar-refractivity contribution in [3.8, 4) is 0 Å². The second kappa shape index (κ2) is 86.3. The number of hydrazone groups is 1. The van der Waals surface area contributed by atoms with E-state index in [-0.39, 0.29) is 0 Å². The van der Waals surface area contributed by atoms with E-state index in [1.807, 2.05) is 223 Å². The molecular formula is C79H162N22O2S3. The number of rotatable bonds is 0. The van der Waals surface area contributed by atoms with Gasteiger partial charge in [-0.25, -0.2) is 15.0 Å². The average Bonchev–Trinajstić information content (AvgIpc) is 1.71. The lowest BCUT2D eigenvalue weighted by atomic mass is 10.3. The smallest absolute Gasteiger partial charge is 0.147 e. The molecular weight excluding hydrogens is 1390 g/mol. The van der Waals surface area contributed by atoms with Gasteiger partial charge in [-0.05, 0) is 28.2 Å². The predicted molar refractivity (Wildman–Crippen MR) is 490 cm³/mol. The Morgan fingerprint density at radius 3 is 1.28 bits per heavy atom. The monoisotopic (exact) mass is 1550 g/mol. The van der Waals surface area contributed by atoms with Crippen molar-refractivity contribution in [3.05, 3.63) is 148 Å². The van der Waals surface area contributed by atoms with Gasteiger partial charge in [0.2, 0.25) is 0 Å². The second-order valence-electron chi connectivity index (χ2n) is 19.7. The Labute approximate surface area is 661 Å². The predicted octanol–water partition coefficient (Wildman–Crippen LogP) is 18.8. The Morgan fingerprint density at radius 2 is 1.10 bits per heavy atom. The molecule has 618 valence electrons. The topological polar surface area (TPSA) is 198 Å². The molecule has 27 heteroatoms. The summed E-state index contributed by atoms with van der Waals surface area (Å²) in [5, 5.41) is 32.2. The zero-order valence-electron chi connectivity index (χ0n) is 74.1. The summed E-state index contributed by atoms with van der Waals surface area (Å²) in [5.41, 5.74) is 8.79. The van der Waals surface area contributed by atoms with Crippen LogP contribution in [0.15, 0.2) is 199 Å². The molecule has 0 aromatic carbocycles. The molecule has 6 saturated heterocycles. The van der Waals surface area contributed by atoms with Gasteiger partial charge >= 0.3 is 0 Å².